The largest absolute Gasteiger partial charge is 0.411 e. The normalized spacial score (nSPS) is 25.6. The number of hydrogen-bond donors (Lipinski definition) is 2. The third kappa shape index (κ3) is 1.44. The summed E-state index contributed by atoms with van der Waals surface area (Å²) in [5.74, 6) is 0. The van der Waals surface area contributed by atoms with Crippen LogP contribution in [0, 0.1) is 0 Å². The molecule has 2 N–H and O–H groups in total. The monoisotopic (exact) mass is 280 g/mol. The van der Waals surface area contributed by atoms with Gasteiger partial charge in [-0.05, 0) is 42.9 Å². The highest BCUT2D eigenvalue weighted by Gasteiger charge is 2.25. The molecule has 1 heterocycles. The number of halogens is 1. The SMILES string of the molecule is O/N=C1\CCCc2c1[nH]c1c2CC(Br)C=C1. The zero-order chi connectivity index (χ0) is 11.1. The van der Waals surface area contributed by atoms with Gasteiger partial charge >= 0.3 is 0 Å². The van der Waals surface area contributed by atoms with Gasteiger partial charge in [-0.25, -0.2) is 0 Å². The molecule has 0 bridgehead atoms. The highest BCUT2D eigenvalue weighted by Crippen LogP contribution is 2.32. The van der Waals surface area contributed by atoms with Crippen molar-refractivity contribution in [2.45, 2.75) is 30.5 Å². The standard InChI is InChI=1S/C12H13BrN2O/c13-7-4-5-10-9(6-7)8-2-1-3-11(15-16)12(8)14-10/h4-5,7,14,16H,1-3,6H2/b15-11+. The first-order valence-electron chi connectivity index (χ1n) is 5.57. The molecule has 2 aliphatic carbocycles. The molecule has 0 radical (unpaired) electrons. The Hall–Kier alpha value is -1.03. The molecular weight excluding hydrogens is 268 g/mol. The molecule has 0 amide bonds. The van der Waals surface area contributed by atoms with Crippen LogP contribution in [0.4, 0.5) is 0 Å². The van der Waals surface area contributed by atoms with Gasteiger partial charge in [-0.2, -0.15) is 0 Å². The fourth-order valence-electron chi connectivity index (χ4n) is 2.62. The summed E-state index contributed by atoms with van der Waals surface area (Å²) >= 11 is 3.62. The number of aromatic nitrogens is 1. The number of alkyl halides is 1. The molecule has 4 heteroatoms. The maximum Gasteiger partial charge on any atom is 0.103 e. The number of nitrogens with one attached hydrogen (secondary N) is 1. The van der Waals surface area contributed by atoms with Crippen molar-refractivity contribution in [1.82, 2.24) is 4.98 Å². The molecule has 84 valence electrons. The van der Waals surface area contributed by atoms with Crippen molar-refractivity contribution in [2.24, 2.45) is 5.16 Å². The van der Waals surface area contributed by atoms with Gasteiger partial charge in [0.05, 0.1) is 5.69 Å². The van der Waals surface area contributed by atoms with E-state index in [4.69, 9.17) is 5.21 Å². The van der Waals surface area contributed by atoms with E-state index in [1.165, 1.54) is 16.8 Å². The molecule has 0 saturated heterocycles. The summed E-state index contributed by atoms with van der Waals surface area (Å²) < 4.78 is 0. The minimum atomic E-state index is 0.427. The summed E-state index contributed by atoms with van der Waals surface area (Å²) in [5.41, 5.74) is 5.77. The second-order valence-electron chi connectivity index (χ2n) is 4.35. The molecule has 3 nitrogen and oxygen atoms in total. The Labute approximate surface area is 102 Å². The second kappa shape index (κ2) is 3.77. The van der Waals surface area contributed by atoms with E-state index < -0.39 is 0 Å². The van der Waals surface area contributed by atoms with Gasteiger partial charge in [0.15, 0.2) is 0 Å². The Morgan fingerprint density at radius 3 is 3.06 bits per heavy atom. The zero-order valence-corrected chi connectivity index (χ0v) is 10.4. The van der Waals surface area contributed by atoms with Crippen LogP contribution in [0.1, 0.15) is 35.4 Å². The molecule has 1 atom stereocenters. The first kappa shape index (κ1) is 10.1. The molecule has 1 unspecified atom stereocenters. The molecule has 16 heavy (non-hydrogen) atoms. The van der Waals surface area contributed by atoms with Crippen molar-refractivity contribution in [1.29, 1.82) is 0 Å². The highest BCUT2D eigenvalue weighted by atomic mass is 79.9. The van der Waals surface area contributed by atoms with E-state index in [2.05, 4.69) is 38.2 Å². The number of hydrogen-bond acceptors (Lipinski definition) is 2. The van der Waals surface area contributed by atoms with Gasteiger partial charge in [-0.3, -0.25) is 0 Å². The number of aromatic amines is 1. The van der Waals surface area contributed by atoms with E-state index >= 15 is 0 Å². The smallest absolute Gasteiger partial charge is 0.103 e. The minimum Gasteiger partial charge on any atom is -0.411 e. The van der Waals surface area contributed by atoms with Crippen molar-refractivity contribution < 1.29 is 5.21 Å². The van der Waals surface area contributed by atoms with Gasteiger partial charge in [-0.15, -0.1) is 0 Å². The first-order valence-corrected chi connectivity index (χ1v) is 6.48. The molecule has 2 aliphatic rings. The van der Waals surface area contributed by atoms with E-state index in [9.17, 15) is 0 Å². The van der Waals surface area contributed by atoms with Crippen LogP contribution in [-0.2, 0) is 12.8 Å². The minimum absolute atomic E-state index is 0.427. The molecule has 1 aromatic rings. The van der Waals surface area contributed by atoms with Crippen molar-refractivity contribution in [2.75, 3.05) is 0 Å². The number of H-pyrrole nitrogens is 1. The van der Waals surface area contributed by atoms with Gasteiger partial charge in [0.2, 0.25) is 0 Å². The topological polar surface area (TPSA) is 48.4 Å². The molecule has 0 fully saturated rings. The summed E-state index contributed by atoms with van der Waals surface area (Å²) in [6.07, 6.45) is 8.33. The summed E-state index contributed by atoms with van der Waals surface area (Å²) in [6, 6.07) is 0. The predicted molar refractivity (Wildman–Crippen MR) is 67.5 cm³/mol. The lowest BCUT2D eigenvalue weighted by atomic mass is 9.90. The quantitative estimate of drug-likeness (QED) is 0.429. The third-order valence-electron chi connectivity index (χ3n) is 3.37. The van der Waals surface area contributed by atoms with Crippen LogP contribution in [0.25, 0.3) is 6.08 Å². The summed E-state index contributed by atoms with van der Waals surface area (Å²) in [6.45, 7) is 0. The lowest BCUT2D eigenvalue weighted by Gasteiger charge is -2.16. The maximum atomic E-state index is 8.99. The van der Waals surface area contributed by atoms with Crippen molar-refractivity contribution in [3.63, 3.8) is 0 Å². The Bertz CT molecular complexity index is 487. The third-order valence-corrected chi connectivity index (χ3v) is 4.00. The number of oxime groups is 1. The Morgan fingerprint density at radius 1 is 1.38 bits per heavy atom. The molecule has 0 spiro atoms. The number of rotatable bonds is 0. The van der Waals surface area contributed by atoms with Crippen LogP contribution in [0.2, 0.25) is 0 Å². The van der Waals surface area contributed by atoms with Crippen molar-refractivity contribution in [3.8, 4) is 0 Å². The van der Waals surface area contributed by atoms with Gasteiger partial charge in [0.1, 0.15) is 5.71 Å². The lowest BCUT2D eigenvalue weighted by Crippen LogP contribution is -2.13. The average Bonchev–Trinajstić information content (AvgIpc) is 2.67. The molecule has 0 aromatic carbocycles. The Balaban J connectivity index is 2.15. The van der Waals surface area contributed by atoms with Gasteiger partial charge in [0.25, 0.3) is 0 Å². The second-order valence-corrected chi connectivity index (χ2v) is 5.53. The number of nitrogens with zero attached hydrogens (tertiary/aromatic N) is 1. The fraction of sp³-hybridized carbons (Fsp3) is 0.417. The molecular formula is C12H13BrN2O. The lowest BCUT2D eigenvalue weighted by molar-refractivity contribution is 0.317. The molecule has 0 aliphatic heterocycles. The maximum absolute atomic E-state index is 8.99. The van der Waals surface area contributed by atoms with Crippen molar-refractivity contribution >= 4 is 27.7 Å². The molecule has 1 aromatic heterocycles. The van der Waals surface area contributed by atoms with E-state index in [-0.39, 0.29) is 0 Å². The highest BCUT2D eigenvalue weighted by molar-refractivity contribution is 9.09. The summed E-state index contributed by atoms with van der Waals surface area (Å²) in [4.78, 5) is 3.80. The number of allylic oxidation sites excluding steroid dienone is 1. The van der Waals surface area contributed by atoms with Crippen molar-refractivity contribution in [3.05, 3.63) is 28.6 Å². The molecule has 0 saturated carbocycles. The van der Waals surface area contributed by atoms with E-state index in [0.29, 0.717) is 4.83 Å². The van der Waals surface area contributed by atoms with Gasteiger partial charge in [-0.1, -0.05) is 27.2 Å². The Morgan fingerprint density at radius 2 is 2.25 bits per heavy atom. The zero-order valence-electron chi connectivity index (χ0n) is 8.83. The summed E-state index contributed by atoms with van der Waals surface area (Å²) in [7, 11) is 0. The van der Waals surface area contributed by atoms with E-state index in [1.54, 1.807) is 0 Å². The fourth-order valence-corrected chi connectivity index (χ4v) is 3.09. The first-order chi connectivity index (χ1) is 7.79. The van der Waals surface area contributed by atoms with Crippen LogP contribution in [0.5, 0.6) is 0 Å². The Kier molecular flexibility index (Phi) is 2.39. The summed E-state index contributed by atoms with van der Waals surface area (Å²) in [5, 5.41) is 12.4. The van der Waals surface area contributed by atoms with Gasteiger partial charge < -0.3 is 10.2 Å². The molecule has 3 rings (SSSR count). The van der Waals surface area contributed by atoms with Crippen LogP contribution in [0.3, 0.4) is 0 Å². The van der Waals surface area contributed by atoms with Gasteiger partial charge in [0, 0.05) is 10.5 Å². The van der Waals surface area contributed by atoms with E-state index in [1.807, 2.05) is 0 Å². The average molecular weight is 281 g/mol. The van der Waals surface area contributed by atoms with E-state index in [0.717, 1.165) is 37.1 Å². The number of fused-ring (bicyclic) bond motifs is 3. The van der Waals surface area contributed by atoms with Crippen LogP contribution >= 0.6 is 15.9 Å². The predicted octanol–water partition coefficient (Wildman–Crippen LogP) is 2.86. The van der Waals surface area contributed by atoms with Crippen LogP contribution in [0.15, 0.2) is 11.2 Å². The van der Waals surface area contributed by atoms with Crippen LogP contribution in [-0.4, -0.2) is 20.7 Å². The van der Waals surface area contributed by atoms with Crippen LogP contribution < -0.4 is 0 Å².